The molecule has 0 spiro atoms. The summed E-state index contributed by atoms with van der Waals surface area (Å²) < 4.78 is 16.9. The number of carbonyl (C=O) groups excluding carboxylic acids is 3. The Hall–Kier alpha value is -1.59. The van der Waals surface area contributed by atoms with Gasteiger partial charge in [-0.2, -0.15) is 0 Å². The van der Waals surface area contributed by atoms with Gasteiger partial charge in [0.2, 0.25) is 0 Å². The van der Waals surface area contributed by atoms with Gasteiger partial charge in [-0.05, 0) is 19.3 Å². The second-order valence-electron chi connectivity index (χ2n) is 20.3. The lowest BCUT2D eigenvalue weighted by Crippen LogP contribution is -2.30. The predicted octanol–water partition coefficient (Wildman–Crippen LogP) is 19.5. The zero-order valence-electron chi connectivity index (χ0n) is 44.3. The molecule has 0 aromatic carbocycles. The monoisotopic (exact) mass is 919 g/mol. The van der Waals surface area contributed by atoms with Gasteiger partial charge in [0.05, 0.1) is 0 Å². The zero-order valence-corrected chi connectivity index (χ0v) is 44.3. The van der Waals surface area contributed by atoms with Crippen molar-refractivity contribution in [3.63, 3.8) is 0 Å². The number of hydrogen-bond acceptors (Lipinski definition) is 6. The molecule has 6 heteroatoms. The molecule has 6 nitrogen and oxygen atoms in total. The zero-order chi connectivity index (χ0) is 47.2. The molecule has 0 aliphatic heterocycles. The highest BCUT2D eigenvalue weighted by Gasteiger charge is 2.19. The highest BCUT2D eigenvalue weighted by atomic mass is 16.6. The molecule has 0 fully saturated rings. The highest BCUT2D eigenvalue weighted by molar-refractivity contribution is 5.71. The largest absolute Gasteiger partial charge is 0.462 e. The van der Waals surface area contributed by atoms with E-state index in [4.69, 9.17) is 14.2 Å². The molecule has 0 amide bonds. The van der Waals surface area contributed by atoms with Crippen LogP contribution in [0.3, 0.4) is 0 Å². The molecule has 0 saturated carbocycles. The standard InChI is InChI=1S/C59H114O6/c1-4-7-10-13-16-19-22-24-26-28-30-32-34-36-38-41-43-46-49-52-58(61)64-55-56(65-59(62)53-50-47-44-39-21-18-15-12-9-6-3)54-63-57(60)51-48-45-42-40-37-35-33-31-29-27-25-23-20-17-14-11-8-5-2/h56H,4-55H2,1-3H3/t56-/m1/s1. The van der Waals surface area contributed by atoms with Gasteiger partial charge in [0.25, 0.3) is 0 Å². The van der Waals surface area contributed by atoms with Crippen LogP contribution in [0.4, 0.5) is 0 Å². The summed E-state index contributed by atoms with van der Waals surface area (Å²) in [6.07, 6.45) is 61.0. The Kier molecular flexibility index (Phi) is 53.7. The van der Waals surface area contributed by atoms with E-state index >= 15 is 0 Å². The summed E-state index contributed by atoms with van der Waals surface area (Å²) in [7, 11) is 0. The van der Waals surface area contributed by atoms with Crippen molar-refractivity contribution in [3.8, 4) is 0 Å². The van der Waals surface area contributed by atoms with E-state index in [1.807, 2.05) is 0 Å². The van der Waals surface area contributed by atoms with Crippen LogP contribution >= 0.6 is 0 Å². The second kappa shape index (κ2) is 55.0. The van der Waals surface area contributed by atoms with Crippen molar-refractivity contribution in [2.24, 2.45) is 0 Å². The van der Waals surface area contributed by atoms with Gasteiger partial charge in [-0.3, -0.25) is 14.4 Å². The molecule has 1 atom stereocenters. The van der Waals surface area contributed by atoms with E-state index in [1.54, 1.807) is 0 Å². The fraction of sp³-hybridized carbons (Fsp3) is 0.949. The van der Waals surface area contributed by atoms with Crippen molar-refractivity contribution >= 4 is 17.9 Å². The molecular weight excluding hydrogens is 805 g/mol. The maximum atomic E-state index is 12.8. The van der Waals surface area contributed by atoms with Crippen LogP contribution in [0.25, 0.3) is 0 Å². The fourth-order valence-electron chi connectivity index (χ4n) is 9.15. The van der Waals surface area contributed by atoms with E-state index in [0.717, 1.165) is 57.8 Å². The number of esters is 3. The van der Waals surface area contributed by atoms with Crippen LogP contribution < -0.4 is 0 Å². The van der Waals surface area contributed by atoms with Gasteiger partial charge in [-0.15, -0.1) is 0 Å². The van der Waals surface area contributed by atoms with Crippen molar-refractivity contribution in [1.82, 2.24) is 0 Å². The Morgan fingerprint density at radius 2 is 0.415 bits per heavy atom. The van der Waals surface area contributed by atoms with Crippen LogP contribution in [-0.4, -0.2) is 37.2 Å². The fourth-order valence-corrected chi connectivity index (χ4v) is 9.15. The minimum absolute atomic E-state index is 0.0613. The first-order valence-corrected chi connectivity index (χ1v) is 29.5. The number of carbonyl (C=O) groups is 3. The van der Waals surface area contributed by atoms with Crippen molar-refractivity contribution in [2.45, 2.75) is 348 Å². The number of rotatable bonds is 55. The lowest BCUT2D eigenvalue weighted by Gasteiger charge is -2.18. The molecule has 0 bridgehead atoms. The summed E-state index contributed by atoms with van der Waals surface area (Å²) in [5.74, 6) is -0.834. The SMILES string of the molecule is CCCCCCCCCCCCCCCCCCCCCC(=O)OC[C@@H](COC(=O)CCCCCCCCCCCCCCCCCCCC)OC(=O)CCCCCCCCCCCC. The maximum Gasteiger partial charge on any atom is 0.306 e. The molecule has 65 heavy (non-hydrogen) atoms. The van der Waals surface area contributed by atoms with Crippen molar-refractivity contribution in [1.29, 1.82) is 0 Å². The predicted molar refractivity (Wildman–Crippen MR) is 280 cm³/mol. The topological polar surface area (TPSA) is 78.9 Å². The number of ether oxygens (including phenoxy) is 3. The number of hydrogen-bond donors (Lipinski definition) is 0. The smallest absolute Gasteiger partial charge is 0.306 e. The molecule has 0 aromatic heterocycles. The van der Waals surface area contributed by atoms with Gasteiger partial charge in [-0.25, -0.2) is 0 Å². The molecule has 0 unspecified atom stereocenters. The van der Waals surface area contributed by atoms with E-state index in [1.165, 1.54) is 244 Å². The number of unbranched alkanes of at least 4 members (excludes halogenated alkanes) is 44. The minimum Gasteiger partial charge on any atom is -0.462 e. The van der Waals surface area contributed by atoms with Gasteiger partial charge in [0, 0.05) is 19.3 Å². The summed E-state index contributed by atoms with van der Waals surface area (Å²) in [6.45, 7) is 6.70. The molecule has 0 rings (SSSR count). The molecular formula is C59H114O6. The van der Waals surface area contributed by atoms with Crippen LogP contribution in [0, 0.1) is 0 Å². The van der Waals surface area contributed by atoms with E-state index in [-0.39, 0.29) is 31.1 Å². The van der Waals surface area contributed by atoms with Crippen molar-refractivity contribution in [2.75, 3.05) is 13.2 Å². The Morgan fingerprint density at radius 3 is 0.615 bits per heavy atom. The van der Waals surface area contributed by atoms with Crippen LogP contribution in [0.2, 0.25) is 0 Å². The van der Waals surface area contributed by atoms with E-state index < -0.39 is 6.10 Å². The average Bonchev–Trinajstić information content (AvgIpc) is 3.30. The molecule has 0 heterocycles. The van der Waals surface area contributed by atoms with Crippen molar-refractivity contribution < 1.29 is 28.6 Å². The minimum atomic E-state index is -0.760. The molecule has 0 aliphatic rings. The lowest BCUT2D eigenvalue weighted by molar-refractivity contribution is -0.167. The molecule has 386 valence electrons. The molecule has 0 N–H and O–H groups in total. The van der Waals surface area contributed by atoms with Gasteiger partial charge < -0.3 is 14.2 Å². The molecule has 0 aliphatic carbocycles. The highest BCUT2D eigenvalue weighted by Crippen LogP contribution is 2.18. The Morgan fingerprint density at radius 1 is 0.246 bits per heavy atom. The van der Waals surface area contributed by atoms with Crippen LogP contribution in [0.15, 0.2) is 0 Å². The first kappa shape index (κ1) is 63.4. The molecule has 0 aromatic rings. The normalized spacial score (nSPS) is 11.9. The summed E-state index contributed by atoms with van der Waals surface area (Å²) in [5.41, 5.74) is 0. The summed E-state index contributed by atoms with van der Waals surface area (Å²) >= 11 is 0. The van der Waals surface area contributed by atoms with E-state index in [0.29, 0.717) is 19.3 Å². The Balaban J connectivity index is 4.19. The molecule has 0 radical (unpaired) electrons. The molecule has 0 saturated heterocycles. The average molecular weight is 920 g/mol. The van der Waals surface area contributed by atoms with Gasteiger partial charge in [0.1, 0.15) is 13.2 Å². The lowest BCUT2D eigenvalue weighted by atomic mass is 10.0. The maximum absolute atomic E-state index is 12.8. The Bertz CT molecular complexity index is 967. The van der Waals surface area contributed by atoms with Gasteiger partial charge in [0.15, 0.2) is 6.10 Å². The van der Waals surface area contributed by atoms with Gasteiger partial charge >= 0.3 is 17.9 Å². The summed E-state index contributed by atoms with van der Waals surface area (Å²) in [4.78, 5) is 38.1. The van der Waals surface area contributed by atoms with E-state index in [2.05, 4.69) is 20.8 Å². The van der Waals surface area contributed by atoms with Crippen LogP contribution in [0.5, 0.6) is 0 Å². The first-order valence-electron chi connectivity index (χ1n) is 29.5. The third kappa shape index (κ3) is 53.2. The second-order valence-corrected chi connectivity index (χ2v) is 20.3. The summed E-state index contributed by atoms with van der Waals surface area (Å²) in [6, 6.07) is 0. The van der Waals surface area contributed by atoms with E-state index in [9.17, 15) is 14.4 Å². The Labute approximate surface area is 406 Å². The van der Waals surface area contributed by atoms with Crippen molar-refractivity contribution in [3.05, 3.63) is 0 Å². The quantitative estimate of drug-likeness (QED) is 0.0344. The third-order valence-corrected chi connectivity index (χ3v) is 13.6. The van der Waals surface area contributed by atoms with Crippen LogP contribution in [-0.2, 0) is 28.6 Å². The first-order chi connectivity index (χ1) is 32.0. The summed E-state index contributed by atoms with van der Waals surface area (Å²) in [5, 5.41) is 0. The van der Waals surface area contributed by atoms with Crippen LogP contribution in [0.1, 0.15) is 342 Å². The van der Waals surface area contributed by atoms with Gasteiger partial charge in [-0.1, -0.05) is 303 Å². The third-order valence-electron chi connectivity index (χ3n) is 13.6.